The van der Waals surface area contributed by atoms with Crippen LogP contribution in [0.5, 0.6) is 0 Å². The van der Waals surface area contributed by atoms with E-state index in [1.807, 2.05) is 0 Å². The summed E-state index contributed by atoms with van der Waals surface area (Å²) >= 11 is 0. The summed E-state index contributed by atoms with van der Waals surface area (Å²) in [6.45, 7) is 3.58. The van der Waals surface area contributed by atoms with Crippen LogP contribution in [-0.2, 0) is 9.59 Å². The lowest BCUT2D eigenvalue weighted by Crippen LogP contribution is -2.00. The van der Waals surface area contributed by atoms with Gasteiger partial charge in [-0.25, -0.2) is 4.79 Å². The Balaban J connectivity index is 3.73. The molecule has 14 heavy (non-hydrogen) atoms. The van der Waals surface area contributed by atoms with Crippen molar-refractivity contribution in [3.63, 3.8) is 0 Å². The molecule has 0 fully saturated rings. The van der Waals surface area contributed by atoms with E-state index in [-0.39, 0.29) is 17.8 Å². The van der Waals surface area contributed by atoms with Gasteiger partial charge in [0.2, 0.25) is 0 Å². The monoisotopic (exact) mass is 198 g/mol. The van der Waals surface area contributed by atoms with Gasteiger partial charge in [-0.05, 0) is 13.3 Å². The van der Waals surface area contributed by atoms with Crippen molar-refractivity contribution in [3.05, 3.63) is 11.6 Å². The van der Waals surface area contributed by atoms with E-state index in [0.717, 1.165) is 19.3 Å². The van der Waals surface area contributed by atoms with Crippen LogP contribution in [0.4, 0.5) is 0 Å². The number of carboxylic acid groups (broad SMARTS) is 1. The van der Waals surface area contributed by atoms with Gasteiger partial charge in [-0.3, -0.25) is 4.79 Å². The van der Waals surface area contributed by atoms with E-state index in [1.54, 1.807) is 0 Å². The summed E-state index contributed by atoms with van der Waals surface area (Å²) in [7, 11) is 0. The quantitative estimate of drug-likeness (QED) is 0.505. The first kappa shape index (κ1) is 12.9. The molecule has 0 heterocycles. The molecule has 3 nitrogen and oxygen atoms in total. The number of allylic oxidation sites excluding steroid dienone is 1. The third-order valence-electron chi connectivity index (χ3n) is 2.03. The lowest BCUT2D eigenvalue weighted by molar-refractivity contribution is -0.132. The van der Waals surface area contributed by atoms with Crippen molar-refractivity contribution >= 4 is 11.8 Å². The minimum Gasteiger partial charge on any atom is -0.478 e. The smallest absolute Gasteiger partial charge is 0.330 e. The average molecular weight is 198 g/mol. The van der Waals surface area contributed by atoms with Gasteiger partial charge in [-0.2, -0.15) is 0 Å². The number of unbranched alkanes of at least 4 members (excludes halogenated alkanes) is 2. The van der Waals surface area contributed by atoms with Crippen LogP contribution in [0.25, 0.3) is 0 Å². The molecule has 0 saturated heterocycles. The summed E-state index contributed by atoms with van der Waals surface area (Å²) in [6, 6.07) is 0. The maximum atomic E-state index is 11.2. The van der Waals surface area contributed by atoms with Crippen molar-refractivity contribution in [2.24, 2.45) is 0 Å². The number of rotatable bonds is 7. The second kappa shape index (κ2) is 7.30. The number of carbonyl (C=O) groups is 2. The van der Waals surface area contributed by atoms with Crippen molar-refractivity contribution in [3.8, 4) is 0 Å². The van der Waals surface area contributed by atoms with Gasteiger partial charge < -0.3 is 5.11 Å². The first-order valence-corrected chi connectivity index (χ1v) is 4.99. The Morgan fingerprint density at radius 3 is 2.43 bits per heavy atom. The van der Waals surface area contributed by atoms with Gasteiger partial charge in [0, 0.05) is 18.4 Å². The number of ketones is 1. The summed E-state index contributed by atoms with van der Waals surface area (Å²) in [4.78, 5) is 21.6. The Bertz CT molecular complexity index is 229. The molecule has 0 atom stereocenters. The zero-order valence-electron chi connectivity index (χ0n) is 8.88. The van der Waals surface area contributed by atoms with Gasteiger partial charge in [0.1, 0.15) is 5.78 Å². The van der Waals surface area contributed by atoms with Crippen molar-refractivity contribution in [1.29, 1.82) is 0 Å². The molecule has 0 aliphatic rings. The summed E-state index contributed by atoms with van der Waals surface area (Å²) in [5, 5.41) is 8.53. The van der Waals surface area contributed by atoms with Crippen LogP contribution in [0.3, 0.4) is 0 Å². The van der Waals surface area contributed by atoms with E-state index in [9.17, 15) is 9.59 Å². The Kier molecular flexibility index (Phi) is 6.72. The van der Waals surface area contributed by atoms with Gasteiger partial charge in [-0.1, -0.05) is 25.8 Å². The van der Waals surface area contributed by atoms with E-state index in [4.69, 9.17) is 5.11 Å². The molecule has 1 N–H and O–H groups in total. The van der Waals surface area contributed by atoms with Crippen molar-refractivity contribution in [2.45, 2.75) is 46.0 Å². The molecule has 0 aliphatic heterocycles. The fourth-order valence-electron chi connectivity index (χ4n) is 1.03. The number of carbonyl (C=O) groups excluding carboxylic acids is 1. The topological polar surface area (TPSA) is 54.4 Å². The first-order valence-electron chi connectivity index (χ1n) is 4.99. The predicted octanol–water partition coefficient (Wildman–Crippen LogP) is 2.56. The van der Waals surface area contributed by atoms with E-state index in [1.165, 1.54) is 13.0 Å². The molecule has 80 valence electrons. The largest absolute Gasteiger partial charge is 0.478 e. The highest BCUT2D eigenvalue weighted by Gasteiger charge is 2.02. The molecule has 0 spiro atoms. The molecule has 0 saturated carbocycles. The van der Waals surface area contributed by atoms with Crippen LogP contribution in [0.1, 0.15) is 46.0 Å². The zero-order valence-corrected chi connectivity index (χ0v) is 8.88. The van der Waals surface area contributed by atoms with E-state index < -0.39 is 5.97 Å². The Hall–Kier alpha value is -1.12. The summed E-state index contributed by atoms with van der Waals surface area (Å²) in [6.07, 6.45) is 5.37. The standard InChI is InChI=1S/C11H18O3/c1-3-4-5-6-10(12)8-7-9(2)11(13)14/h7H,3-6,8H2,1-2H3,(H,13,14). The van der Waals surface area contributed by atoms with Crippen LogP contribution in [0.15, 0.2) is 11.6 Å². The van der Waals surface area contributed by atoms with Gasteiger partial charge in [0.25, 0.3) is 0 Å². The van der Waals surface area contributed by atoms with Gasteiger partial charge in [-0.15, -0.1) is 0 Å². The maximum Gasteiger partial charge on any atom is 0.330 e. The molecule has 0 radical (unpaired) electrons. The SMILES string of the molecule is CCCCCC(=O)CC=C(C)C(=O)O. The van der Waals surface area contributed by atoms with Gasteiger partial charge >= 0.3 is 5.97 Å². The number of Topliss-reactive ketones (excluding diaryl/α,β-unsaturated/α-hetero) is 1. The normalized spacial score (nSPS) is 11.4. The van der Waals surface area contributed by atoms with E-state index in [0.29, 0.717) is 6.42 Å². The third kappa shape index (κ3) is 6.40. The van der Waals surface area contributed by atoms with Gasteiger partial charge in [0.15, 0.2) is 0 Å². The van der Waals surface area contributed by atoms with Crippen molar-refractivity contribution < 1.29 is 14.7 Å². The van der Waals surface area contributed by atoms with Crippen LogP contribution < -0.4 is 0 Å². The molecular weight excluding hydrogens is 180 g/mol. The molecule has 0 aromatic carbocycles. The zero-order chi connectivity index (χ0) is 11.0. The second-order valence-electron chi connectivity index (χ2n) is 3.39. The number of carboxylic acids is 1. The molecule has 0 aliphatic carbocycles. The highest BCUT2D eigenvalue weighted by molar-refractivity contribution is 5.87. The molecule has 0 aromatic heterocycles. The Morgan fingerprint density at radius 2 is 1.93 bits per heavy atom. The number of hydrogen-bond acceptors (Lipinski definition) is 2. The minimum atomic E-state index is -0.952. The maximum absolute atomic E-state index is 11.2. The molecule has 0 unspecified atom stereocenters. The molecule has 0 aromatic rings. The van der Waals surface area contributed by atoms with Crippen LogP contribution in [0.2, 0.25) is 0 Å². The lowest BCUT2D eigenvalue weighted by Gasteiger charge is -1.97. The fraction of sp³-hybridized carbons (Fsp3) is 0.636. The number of aliphatic carboxylic acids is 1. The molecule has 0 bridgehead atoms. The summed E-state index contributed by atoms with van der Waals surface area (Å²) in [5.74, 6) is -0.828. The molecule has 3 heteroatoms. The lowest BCUT2D eigenvalue weighted by atomic mass is 10.1. The molecule has 0 amide bonds. The van der Waals surface area contributed by atoms with Crippen molar-refractivity contribution in [2.75, 3.05) is 0 Å². The second-order valence-corrected chi connectivity index (χ2v) is 3.39. The summed E-state index contributed by atoms with van der Waals surface area (Å²) in [5.41, 5.74) is 0.244. The Labute approximate surface area is 84.8 Å². The highest BCUT2D eigenvalue weighted by atomic mass is 16.4. The third-order valence-corrected chi connectivity index (χ3v) is 2.03. The van der Waals surface area contributed by atoms with E-state index in [2.05, 4.69) is 6.92 Å². The van der Waals surface area contributed by atoms with Crippen molar-refractivity contribution in [1.82, 2.24) is 0 Å². The van der Waals surface area contributed by atoms with E-state index >= 15 is 0 Å². The summed E-state index contributed by atoms with van der Waals surface area (Å²) < 4.78 is 0. The van der Waals surface area contributed by atoms with Crippen LogP contribution in [0, 0.1) is 0 Å². The highest BCUT2D eigenvalue weighted by Crippen LogP contribution is 2.04. The number of hydrogen-bond donors (Lipinski definition) is 1. The first-order chi connectivity index (χ1) is 6.57. The predicted molar refractivity (Wildman–Crippen MR) is 55.2 cm³/mol. The van der Waals surface area contributed by atoms with Crippen LogP contribution >= 0.6 is 0 Å². The van der Waals surface area contributed by atoms with Gasteiger partial charge in [0.05, 0.1) is 0 Å². The minimum absolute atomic E-state index is 0.124. The average Bonchev–Trinajstić information content (AvgIpc) is 2.14. The van der Waals surface area contributed by atoms with Crippen LogP contribution in [-0.4, -0.2) is 16.9 Å². The molecule has 0 rings (SSSR count). The Morgan fingerprint density at radius 1 is 1.29 bits per heavy atom. The molecular formula is C11H18O3. The fourth-order valence-corrected chi connectivity index (χ4v) is 1.03.